The molecule has 0 saturated heterocycles. The molecular formula is C8H8F10O3PS+. The quantitative estimate of drug-likeness (QED) is 0.314. The lowest BCUT2D eigenvalue weighted by atomic mass is 10.3. The van der Waals surface area contributed by atoms with Crippen LogP contribution in [-0.4, -0.2) is 48.8 Å². The minimum atomic E-state index is -6.88. The first-order chi connectivity index (χ1) is 10.0. The lowest BCUT2D eigenvalue weighted by Crippen LogP contribution is -2.55. The second-order valence-corrected chi connectivity index (χ2v) is 6.08. The summed E-state index contributed by atoms with van der Waals surface area (Å²) in [5.41, 5.74) is 0. The molecule has 2 unspecified atom stereocenters. The monoisotopic (exact) mass is 405 g/mol. The third kappa shape index (κ3) is 6.24. The summed E-state index contributed by atoms with van der Waals surface area (Å²) in [5, 5.41) is -4.88. The topological polar surface area (TPSA) is 35.5 Å². The van der Waals surface area contributed by atoms with Gasteiger partial charge in [0.1, 0.15) is 6.61 Å². The summed E-state index contributed by atoms with van der Waals surface area (Å²) >= 11 is -0.759. The van der Waals surface area contributed by atoms with E-state index in [4.69, 9.17) is 0 Å². The number of rotatable bonds is 9. The maximum atomic E-state index is 13.0. The first-order valence-corrected chi connectivity index (χ1v) is 7.85. The number of halogens is 10. The summed E-state index contributed by atoms with van der Waals surface area (Å²) in [6, 6.07) is 0. The maximum Gasteiger partial charge on any atom is 0.504 e. The number of alkyl halides is 10. The van der Waals surface area contributed by atoms with Crippen molar-refractivity contribution < 1.29 is 57.7 Å². The predicted octanol–water partition coefficient (Wildman–Crippen LogP) is 4.80. The molecule has 0 heterocycles. The van der Waals surface area contributed by atoms with Crippen LogP contribution in [0.1, 0.15) is 0 Å². The smallest absolute Gasteiger partial charge is 0.273 e. The molecule has 138 valence electrons. The van der Waals surface area contributed by atoms with E-state index in [1.165, 1.54) is 0 Å². The molecule has 0 saturated carbocycles. The molecule has 0 aliphatic carbocycles. The Bertz CT molecular complexity index is 415. The van der Waals surface area contributed by atoms with Crippen LogP contribution in [0, 0.1) is 0 Å². The van der Waals surface area contributed by atoms with E-state index in [1.54, 1.807) is 0 Å². The van der Waals surface area contributed by atoms with Gasteiger partial charge in [0.25, 0.3) is 6.36 Å². The fourth-order valence-corrected chi connectivity index (χ4v) is 1.94. The summed E-state index contributed by atoms with van der Waals surface area (Å²) in [4.78, 5) is 0. The van der Waals surface area contributed by atoms with Gasteiger partial charge in [-0.3, -0.25) is 4.74 Å². The zero-order valence-corrected chi connectivity index (χ0v) is 12.6. The predicted molar refractivity (Wildman–Crippen MR) is 58.8 cm³/mol. The van der Waals surface area contributed by atoms with Gasteiger partial charge in [-0.05, 0) is 4.57 Å². The molecule has 0 spiro atoms. The zero-order chi connectivity index (χ0) is 18.7. The van der Waals surface area contributed by atoms with Crippen LogP contribution in [0.5, 0.6) is 0 Å². The van der Waals surface area contributed by atoms with Crippen LogP contribution in [0.25, 0.3) is 0 Å². The third-order valence-corrected chi connectivity index (χ3v) is 3.38. The minimum absolute atomic E-state index is 0.645. The van der Waals surface area contributed by atoms with Gasteiger partial charge < -0.3 is 0 Å². The minimum Gasteiger partial charge on any atom is -0.273 e. The van der Waals surface area contributed by atoms with Crippen molar-refractivity contribution in [1.29, 1.82) is 0 Å². The fourth-order valence-electron chi connectivity index (χ4n) is 0.847. The second-order valence-electron chi connectivity index (χ2n) is 3.71. The van der Waals surface area contributed by atoms with Crippen LogP contribution < -0.4 is 0 Å². The summed E-state index contributed by atoms with van der Waals surface area (Å²) in [6.45, 7) is 0.396. The van der Waals surface area contributed by atoms with E-state index in [0.29, 0.717) is 0 Å². The van der Waals surface area contributed by atoms with Crippen LogP contribution in [0.4, 0.5) is 43.9 Å². The van der Waals surface area contributed by atoms with E-state index in [2.05, 4.69) is 9.26 Å². The van der Waals surface area contributed by atoms with Crippen molar-refractivity contribution in [3.63, 3.8) is 0 Å². The van der Waals surface area contributed by atoms with Gasteiger partial charge in [-0.1, -0.05) is 11.8 Å². The van der Waals surface area contributed by atoms with Gasteiger partial charge in [0, 0.05) is 5.75 Å². The molecule has 0 bridgehead atoms. The largest absolute Gasteiger partial charge is 0.504 e. The molecule has 15 heteroatoms. The van der Waals surface area contributed by atoms with E-state index >= 15 is 0 Å². The molecule has 0 aliphatic rings. The Kier molecular flexibility index (Phi) is 7.59. The number of ether oxygens (including phenoxy) is 1. The highest BCUT2D eigenvalue weighted by atomic mass is 32.2. The number of thioether (sulfide) groups is 1. The Morgan fingerprint density at radius 1 is 1.04 bits per heavy atom. The molecule has 23 heavy (non-hydrogen) atoms. The maximum absolute atomic E-state index is 13.0. The third-order valence-electron chi connectivity index (χ3n) is 1.89. The van der Waals surface area contributed by atoms with E-state index in [9.17, 15) is 48.5 Å². The first-order valence-electron chi connectivity index (χ1n) is 5.24. The molecule has 3 nitrogen and oxygen atoms in total. The van der Waals surface area contributed by atoms with Gasteiger partial charge in [0.05, 0.1) is 0 Å². The summed E-state index contributed by atoms with van der Waals surface area (Å²) < 4.78 is 141. The van der Waals surface area contributed by atoms with Gasteiger partial charge in [-0.25, -0.2) is 4.39 Å². The standard InChI is InChI=1S/C8H8F10O3PS/c1-22(19)20-2-3-23-5(10,11)4(9)21-8(17,18)6(12,13)7(14,15)16/h4H,2-3H2,1H3/q+1. The molecule has 0 aromatic rings. The molecule has 0 aromatic heterocycles. The second kappa shape index (κ2) is 7.70. The summed E-state index contributed by atoms with van der Waals surface area (Å²) in [7, 11) is -2.19. The van der Waals surface area contributed by atoms with Crippen molar-refractivity contribution in [2.45, 2.75) is 29.8 Å². The Morgan fingerprint density at radius 2 is 1.52 bits per heavy atom. The molecule has 0 aliphatic heterocycles. The van der Waals surface area contributed by atoms with Crippen LogP contribution in [0.15, 0.2) is 0 Å². The van der Waals surface area contributed by atoms with Gasteiger partial charge in [0.15, 0.2) is 6.66 Å². The lowest BCUT2D eigenvalue weighted by Gasteiger charge is -2.30. The van der Waals surface area contributed by atoms with Crippen molar-refractivity contribution in [1.82, 2.24) is 0 Å². The van der Waals surface area contributed by atoms with E-state index in [1.807, 2.05) is 0 Å². The van der Waals surface area contributed by atoms with Crippen molar-refractivity contribution >= 4 is 19.8 Å². The molecule has 0 amide bonds. The van der Waals surface area contributed by atoms with Gasteiger partial charge in [-0.2, -0.15) is 39.5 Å². The van der Waals surface area contributed by atoms with E-state index < -0.39 is 62.0 Å². The first kappa shape index (κ1) is 22.7. The molecule has 0 radical (unpaired) electrons. The van der Waals surface area contributed by atoms with Crippen molar-refractivity contribution in [2.24, 2.45) is 0 Å². The van der Waals surface area contributed by atoms with E-state index in [-0.39, 0.29) is 0 Å². The van der Waals surface area contributed by atoms with Gasteiger partial charge >= 0.3 is 31.5 Å². The summed E-state index contributed by atoms with van der Waals surface area (Å²) in [5.74, 6) is -7.71. The SMILES string of the molecule is C[P+](=O)OCCSC(F)(F)C(F)OC(F)(F)C(F)(F)C(F)(F)F. The number of hydrogen-bond donors (Lipinski definition) is 0. The molecule has 0 fully saturated rings. The molecular weight excluding hydrogens is 397 g/mol. The van der Waals surface area contributed by atoms with Crippen molar-refractivity contribution in [2.75, 3.05) is 19.0 Å². The highest BCUT2D eigenvalue weighted by Crippen LogP contribution is 2.49. The normalized spacial score (nSPS) is 16.4. The van der Waals surface area contributed by atoms with Crippen LogP contribution >= 0.6 is 19.8 Å². The Labute approximate surface area is 127 Å². The molecule has 0 N–H and O–H groups in total. The molecule has 0 aromatic carbocycles. The van der Waals surface area contributed by atoms with Crippen molar-refractivity contribution in [3.8, 4) is 0 Å². The highest BCUT2D eigenvalue weighted by molar-refractivity contribution is 8.00. The fraction of sp³-hybridized carbons (Fsp3) is 1.00. The highest BCUT2D eigenvalue weighted by Gasteiger charge is 2.75. The van der Waals surface area contributed by atoms with E-state index in [0.717, 1.165) is 6.66 Å². The molecule has 2 atom stereocenters. The van der Waals surface area contributed by atoms with Crippen LogP contribution in [0.3, 0.4) is 0 Å². The Morgan fingerprint density at radius 3 is 1.91 bits per heavy atom. The lowest BCUT2D eigenvalue weighted by molar-refractivity contribution is -0.446. The average molecular weight is 405 g/mol. The average Bonchev–Trinajstić information content (AvgIpc) is 2.32. The zero-order valence-electron chi connectivity index (χ0n) is 10.9. The Balaban J connectivity index is 4.82. The van der Waals surface area contributed by atoms with Gasteiger partial charge in [0.2, 0.25) is 0 Å². The van der Waals surface area contributed by atoms with Gasteiger partial charge in [-0.15, -0.1) is 4.52 Å². The number of hydrogen-bond acceptors (Lipinski definition) is 4. The Hall–Kier alpha value is -0.330. The van der Waals surface area contributed by atoms with Crippen molar-refractivity contribution in [3.05, 3.63) is 0 Å². The summed E-state index contributed by atoms with van der Waals surface area (Å²) in [6.07, 6.45) is -17.9. The van der Waals surface area contributed by atoms with Crippen LogP contribution in [-0.2, 0) is 13.8 Å². The van der Waals surface area contributed by atoms with Crippen LogP contribution in [0.2, 0.25) is 0 Å². The molecule has 0 rings (SSSR count).